The molecule has 6 nitrogen and oxygen atoms in total. The minimum absolute atomic E-state index is 0.184. The molecule has 30 heavy (non-hydrogen) atoms. The fourth-order valence-electron chi connectivity index (χ4n) is 3.11. The van der Waals surface area contributed by atoms with Crippen LogP contribution >= 0.6 is 7.82 Å². The van der Waals surface area contributed by atoms with E-state index in [1.807, 2.05) is 65.6 Å². The van der Waals surface area contributed by atoms with Gasteiger partial charge < -0.3 is 14.7 Å². The van der Waals surface area contributed by atoms with Crippen LogP contribution in [-0.4, -0.2) is 20.6 Å². The third-order valence-corrected chi connectivity index (χ3v) is 4.52. The van der Waals surface area contributed by atoms with E-state index in [9.17, 15) is 4.79 Å². The van der Waals surface area contributed by atoms with Crippen LogP contribution < -0.4 is 4.90 Å². The number of amides is 1. The molecular weight excluding hydrogens is 401 g/mol. The molecular formula is C23H34NO5P. The van der Waals surface area contributed by atoms with Crippen LogP contribution in [0, 0.1) is 0 Å². The van der Waals surface area contributed by atoms with E-state index in [1.54, 1.807) is 0 Å². The summed E-state index contributed by atoms with van der Waals surface area (Å²) in [6.45, 7) is 2.25. The van der Waals surface area contributed by atoms with Crippen LogP contribution in [0.3, 0.4) is 0 Å². The number of carbonyl (C=O) groups excluding carboxylic acids is 1. The van der Waals surface area contributed by atoms with E-state index in [0.29, 0.717) is 6.42 Å². The summed E-state index contributed by atoms with van der Waals surface area (Å²) in [6.07, 6.45) is 10.6. The van der Waals surface area contributed by atoms with E-state index in [2.05, 4.69) is 6.92 Å². The number of carbonyl (C=O) groups is 1. The molecule has 0 spiro atoms. The van der Waals surface area contributed by atoms with Gasteiger partial charge in [0.15, 0.2) is 0 Å². The Labute approximate surface area is 179 Å². The molecule has 2 aromatic carbocycles. The summed E-state index contributed by atoms with van der Waals surface area (Å²) < 4.78 is 8.88. The zero-order valence-corrected chi connectivity index (χ0v) is 18.6. The van der Waals surface area contributed by atoms with Crippen molar-refractivity contribution < 1.29 is 24.0 Å². The Morgan fingerprint density at radius 1 is 0.733 bits per heavy atom. The average Bonchev–Trinajstić information content (AvgIpc) is 2.71. The molecule has 3 N–H and O–H groups in total. The first-order valence-electron chi connectivity index (χ1n) is 10.5. The van der Waals surface area contributed by atoms with Crippen molar-refractivity contribution in [2.24, 2.45) is 0 Å². The molecule has 0 unspecified atom stereocenters. The molecule has 2 rings (SSSR count). The minimum Gasteiger partial charge on any atom is -0.303 e. The Balaban J connectivity index is 0.000000804. The summed E-state index contributed by atoms with van der Waals surface area (Å²) >= 11 is 0. The molecule has 1 amide bonds. The minimum atomic E-state index is -4.64. The first-order valence-corrected chi connectivity index (χ1v) is 12.1. The molecule has 0 atom stereocenters. The number of benzene rings is 2. The first kappa shape index (κ1) is 26.1. The molecule has 0 radical (unpaired) electrons. The number of nitrogens with zero attached hydrogens (tertiary/aromatic N) is 1. The molecule has 0 saturated heterocycles. The molecule has 0 aliphatic heterocycles. The highest BCUT2D eigenvalue weighted by atomic mass is 31.2. The number of para-hydroxylation sites is 2. The van der Waals surface area contributed by atoms with Crippen LogP contribution in [0.25, 0.3) is 0 Å². The SMILES string of the molecule is CCCCCCCCCCC(=O)N(c1ccccc1)c1ccccc1.O=P(O)(O)O. The second kappa shape index (κ2) is 14.9. The summed E-state index contributed by atoms with van der Waals surface area (Å²) in [7, 11) is -4.64. The Morgan fingerprint density at radius 3 is 1.50 bits per heavy atom. The highest BCUT2D eigenvalue weighted by molar-refractivity contribution is 7.45. The summed E-state index contributed by atoms with van der Waals surface area (Å²) in [5, 5.41) is 0. The van der Waals surface area contributed by atoms with E-state index < -0.39 is 7.82 Å². The van der Waals surface area contributed by atoms with Crippen molar-refractivity contribution in [3.63, 3.8) is 0 Å². The average molecular weight is 436 g/mol. The van der Waals surface area contributed by atoms with Crippen molar-refractivity contribution in [2.45, 2.75) is 64.7 Å². The van der Waals surface area contributed by atoms with Gasteiger partial charge in [0, 0.05) is 17.8 Å². The van der Waals surface area contributed by atoms with E-state index in [-0.39, 0.29) is 5.91 Å². The largest absolute Gasteiger partial charge is 0.466 e. The second-order valence-electron chi connectivity index (χ2n) is 7.14. The molecule has 0 saturated carbocycles. The molecule has 0 aliphatic rings. The van der Waals surface area contributed by atoms with E-state index >= 15 is 0 Å². The maximum Gasteiger partial charge on any atom is 0.466 e. The fourth-order valence-corrected chi connectivity index (χ4v) is 3.11. The number of rotatable bonds is 11. The van der Waals surface area contributed by atoms with Crippen molar-refractivity contribution in [1.82, 2.24) is 0 Å². The fraction of sp³-hybridized carbons (Fsp3) is 0.435. The molecule has 0 fully saturated rings. The predicted octanol–water partition coefficient (Wildman–Crippen LogP) is 5.95. The standard InChI is InChI=1S/C23H31NO.H3O4P/c1-2-3-4-5-6-7-8-15-20-23(25)24(21-16-11-9-12-17-21)22-18-13-10-14-19-22;1-5(2,3)4/h9-14,16-19H,2-8,15,20H2,1H3;(H3,1,2,3,4). The van der Waals surface area contributed by atoms with Gasteiger partial charge in [0.2, 0.25) is 5.91 Å². The number of hydrogen-bond donors (Lipinski definition) is 3. The highest BCUT2D eigenvalue weighted by Crippen LogP contribution is 2.27. The Hall–Kier alpha value is -1.98. The van der Waals surface area contributed by atoms with Gasteiger partial charge in [0.25, 0.3) is 0 Å². The Kier molecular flexibility index (Phi) is 13.0. The second-order valence-corrected chi connectivity index (χ2v) is 8.16. The Morgan fingerprint density at radius 2 is 1.10 bits per heavy atom. The summed E-state index contributed by atoms with van der Waals surface area (Å²) in [5.74, 6) is 0.184. The zero-order valence-electron chi connectivity index (χ0n) is 17.7. The lowest BCUT2D eigenvalue weighted by Crippen LogP contribution is -2.25. The van der Waals surface area contributed by atoms with E-state index in [0.717, 1.165) is 24.2 Å². The van der Waals surface area contributed by atoms with Crippen molar-refractivity contribution in [3.05, 3.63) is 60.7 Å². The van der Waals surface area contributed by atoms with Crippen LogP contribution in [0.2, 0.25) is 0 Å². The normalized spacial score (nSPS) is 10.8. The van der Waals surface area contributed by atoms with Gasteiger partial charge in [-0.1, -0.05) is 88.3 Å². The summed E-state index contributed by atoms with van der Waals surface area (Å²) in [5.41, 5.74) is 1.89. The maximum atomic E-state index is 12.8. The molecule has 0 aromatic heterocycles. The van der Waals surface area contributed by atoms with Gasteiger partial charge in [0.05, 0.1) is 0 Å². The Bertz CT molecular complexity index is 701. The van der Waals surface area contributed by atoms with Crippen LogP contribution in [0.1, 0.15) is 64.7 Å². The van der Waals surface area contributed by atoms with Crippen molar-refractivity contribution in [1.29, 1.82) is 0 Å². The van der Waals surface area contributed by atoms with Crippen LogP contribution in [0.15, 0.2) is 60.7 Å². The van der Waals surface area contributed by atoms with Gasteiger partial charge in [0.1, 0.15) is 0 Å². The summed E-state index contributed by atoms with van der Waals surface area (Å²) in [6, 6.07) is 19.9. The molecule has 0 heterocycles. The van der Waals surface area contributed by atoms with Crippen LogP contribution in [-0.2, 0) is 9.36 Å². The van der Waals surface area contributed by atoms with E-state index in [4.69, 9.17) is 19.2 Å². The van der Waals surface area contributed by atoms with Crippen molar-refractivity contribution in [3.8, 4) is 0 Å². The van der Waals surface area contributed by atoms with Gasteiger partial charge >= 0.3 is 7.82 Å². The lowest BCUT2D eigenvalue weighted by atomic mass is 10.1. The lowest BCUT2D eigenvalue weighted by molar-refractivity contribution is -0.118. The van der Waals surface area contributed by atoms with Crippen molar-refractivity contribution >= 4 is 25.1 Å². The highest BCUT2D eigenvalue weighted by Gasteiger charge is 2.16. The lowest BCUT2D eigenvalue weighted by Gasteiger charge is -2.23. The topological polar surface area (TPSA) is 98.1 Å². The van der Waals surface area contributed by atoms with Crippen molar-refractivity contribution in [2.75, 3.05) is 4.90 Å². The number of anilines is 2. The zero-order chi connectivity index (χ0) is 22.2. The van der Waals surface area contributed by atoms with Gasteiger partial charge in [-0.15, -0.1) is 0 Å². The smallest absolute Gasteiger partial charge is 0.303 e. The molecule has 0 aliphatic carbocycles. The van der Waals surface area contributed by atoms with Gasteiger partial charge in [-0.3, -0.25) is 9.69 Å². The van der Waals surface area contributed by atoms with Gasteiger partial charge in [-0.2, -0.15) is 0 Å². The van der Waals surface area contributed by atoms with Gasteiger partial charge in [-0.05, 0) is 30.7 Å². The third kappa shape index (κ3) is 12.6. The molecule has 2 aromatic rings. The first-order chi connectivity index (χ1) is 14.3. The van der Waals surface area contributed by atoms with E-state index in [1.165, 1.54) is 38.5 Å². The number of phosphoric acid groups is 1. The van der Waals surface area contributed by atoms with Crippen LogP contribution in [0.4, 0.5) is 11.4 Å². The van der Waals surface area contributed by atoms with Crippen LogP contribution in [0.5, 0.6) is 0 Å². The maximum absolute atomic E-state index is 12.8. The number of unbranched alkanes of at least 4 members (excludes halogenated alkanes) is 7. The number of hydrogen-bond acceptors (Lipinski definition) is 2. The molecule has 7 heteroatoms. The predicted molar refractivity (Wildman–Crippen MR) is 122 cm³/mol. The quantitative estimate of drug-likeness (QED) is 0.299. The summed E-state index contributed by atoms with van der Waals surface area (Å²) in [4.78, 5) is 36.3. The monoisotopic (exact) mass is 435 g/mol. The molecule has 0 bridgehead atoms. The molecule has 166 valence electrons. The third-order valence-electron chi connectivity index (χ3n) is 4.52. The van der Waals surface area contributed by atoms with Gasteiger partial charge in [-0.25, -0.2) is 4.57 Å².